The topological polar surface area (TPSA) is 0 Å². The molecule has 3 aromatic carbocycles. The molecule has 0 spiro atoms. The van der Waals surface area contributed by atoms with Gasteiger partial charge < -0.3 is 0 Å². The third-order valence-electron chi connectivity index (χ3n) is 3.75. The van der Waals surface area contributed by atoms with Gasteiger partial charge in [0.15, 0.2) is 0 Å². The number of rotatable bonds is 4. The molecule has 3 rings (SSSR count). The Morgan fingerprint density at radius 2 is 0.783 bits per heavy atom. The summed E-state index contributed by atoms with van der Waals surface area (Å²) in [5.41, 5.74) is 6.15. The van der Waals surface area contributed by atoms with Crippen molar-refractivity contribution in [2.75, 3.05) is 0 Å². The van der Waals surface area contributed by atoms with Crippen LogP contribution in [0.5, 0.6) is 0 Å². The Hall–Kier alpha value is -2.86. The zero-order chi connectivity index (χ0) is 15.9. The number of aryl methyl sites for hydroxylation is 1. The summed E-state index contributed by atoms with van der Waals surface area (Å²) < 4.78 is 0. The first-order valence-corrected chi connectivity index (χ1v) is 7.87. The molecule has 0 radical (unpaired) electrons. The molecule has 0 N–H and O–H groups in total. The van der Waals surface area contributed by atoms with Gasteiger partial charge in [0, 0.05) is 0 Å². The average Bonchev–Trinajstić information content (AvgIpc) is 2.61. The molecule has 0 bridgehead atoms. The molecule has 0 saturated carbocycles. The van der Waals surface area contributed by atoms with Crippen LogP contribution in [0, 0.1) is 6.92 Å². The van der Waals surface area contributed by atoms with Crippen molar-refractivity contribution < 1.29 is 0 Å². The fourth-order valence-corrected chi connectivity index (χ4v) is 2.34. The highest BCUT2D eigenvalue weighted by molar-refractivity contribution is 5.72. The largest absolute Gasteiger partial charge is 0.0622 e. The van der Waals surface area contributed by atoms with Gasteiger partial charge in [-0.05, 0) is 29.2 Å². The van der Waals surface area contributed by atoms with E-state index in [1.807, 2.05) is 6.07 Å². The first kappa shape index (κ1) is 15.1. The van der Waals surface area contributed by atoms with Crippen LogP contribution in [-0.2, 0) is 0 Å². The molecular weight excluding hydrogens is 276 g/mol. The highest BCUT2D eigenvalue weighted by Crippen LogP contribution is 2.13. The maximum absolute atomic E-state index is 2.15. The Morgan fingerprint density at radius 3 is 1.22 bits per heavy atom. The lowest BCUT2D eigenvalue weighted by Crippen LogP contribution is -1.76. The molecule has 0 heteroatoms. The van der Waals surface area contributed by atoms with E-state index in [1.54, 1.807) is 0 Å². The molecule has 0 aliphatic heterocycles. The lowest BCUT2D eigenvalue weighted by Gasteiger charge is -1.98. The smallest absolute Gasteiger partial charge is 0.0256 e. The summed E-state index contributed by atoms with van der Waals surface area (Å²) in [5, 5.41) is 0. The van der Waals surface area contributed by atoms with Gasteiger partial charge in [-0.3, -0.25) is 0 Å². The van der Waals surface area contributed by atoms with E-state index < -0.39 is 0 Å². The molecule has 3 aromatic rings. The van der Waals surface area contributed by atoms with Crippen molar-refractivity contribution in [3.63, 3.8) is 0 Å². The SMILES string of the molecule is Cc1ccc(C=Cc2ccc(/C=C/c3ccccc3)cc2)cc1. The first-order valence-electron chi connectivity index (χ1n) is 7.87. The molecule has 0 saturated heterocycles. The highest BCUT2D eigenvalue weighted by Gasteiger charge is 1.91. The summed E-state index contributed by atoms with van der Waals surface area (Å²) in [7, 11) is 0. The molecule has 0 aliphatic carbocycles. The molecule has 112 valence electrons. The van der Waals surface area contributed by atoms with Crippen molar-refractivity contribution in [1.82, 2.24) is 0 Å². The molecular formula is C23H20. The third-order valence-corrected chi connectivity index (χ3v) is 3.75. The maximum atomic E-state index is 2.15. The van der Waals surface area contributed by atoms with Gasteiger partial charge >= 0.3 is 0 Å². The molecule has 0 nitrogen and oxygen atoms in total. The van der Waals surface area contributed by atoms with Gasteiger partial charge in [0.2, 0.25) is 0 Å². The average molecular weight is 296 g/mol. The van der Waals surface area contributed by atoms with Crippen molar-refractivity contribution in [2.24, 2.45) is 0 Å². The number of benzene rings is 3. The summed E-state index contributed by atoms with van der Waals surface area (Å²) >= 11 is 0. The van der Waals surface area contributed by atoms with E-state index in [4.69, 9.17) is 0 Å². The second-order valence-corrected chi connectivity index (χ2v) is 5.65. The normalized spacial score (nSPS) is 11.3. The summed E-state index contributed by atoms with van der Waals surface area (Å²) in [5.74, 6) is 0. The van der Waals surface area contributed by atoms with Gasteiger partial charge in [-0.25, -0.2) is 0 Å². The third kappa shape index (κ3) is 4.55. The maximum Gasteiger partial charge on any atom is -0.0256 e. The van der Waals surface area contributed by atoms with Crippen LogP contribution in [0.1, 0.15) is 27.8 Å². The van der Waals surface area contributed by atoms with Crippen LogP contribution in [0.3, 0.4) is 0 Å². The van der Waals surface area contributed by atoms with Crippen molar-refractivity contribution in [1.29, 1.82) is 0 Å². The van der Waals surface area contributed by atoms with Gasteiger partial charge in [0.05, 0.1) is 0 Å². The van der Waals surface area contributed by atoms with Gasteiger partial charge in [-0.1, -0.05) is 109 Å². The van der Waals surface area contributed by atoms with Crippen LogP contribution < -0.4 is 0 Å². The molecule has 0 atom stereocenters. The fraction of sp³-hybridized carbons (Fsp3) is 0.0435. The van der Waals surface area contributed by atoms with Crippen LogP contribution in [0.25, 0.3) is 24.3 Å². The molecule has 0 heterocycles. The minimum Gasteiger partial charge on any atom is -0.0622 e. The second kappa shape index (κ2) is 7.42. The lowest BCUT2D eigenvalue weighted by molar-refractivity contribution is 1.46. The van der Waals surface area contributed by atoms with Crippen LogP contribution in [0.15, 0.2) is 78.9 Å². The molecule has 0 unspecified atom stereocenters. The highest BCUT2D eigenvalue weighted by atomic mass is 14.0. The van der Waals surface area contributed by atoms with Crippen LogP contribution in [-0.4, -0.2) is 0 Å². The summed E-state index contributed by atoms with van der Waals surface area (Å²) in [6, 6.07) is 27.5. The molecule has 0 fully saturated rings. The van der Waals surface area contributed by atoms with Crippen LogP contribution in [0.2, 0.25) is 0 Å². The van der Waals surface area contributed by atoms with Gasteiger partial charge in [-0.15, -0.1) is 0 Å². The summed E-state index contributed by atoms with van der Waals surface area (Å²) in [6.07, 6.45) is 8.57. The van der Waals surface area contributed by atoms with Crippen LogP contribution >= 0.6 is 0 Å². The molecule has 23 heavy (non-hydrogen) atoms. The number of hydrogen-bond donors (Lipinski definition) is 0. The Kier molecular flexibility index (Phi) is 4.85. The van der Waals surface area contributed by atoms with E-state index in [-0.39, 0.29) is 0 Å². The standard InChI is InChI=1S/C23H20/c1-19-7-9-21(10-8-19)13-14-23-17-15-22(16-18-23)12-11-20-5-3-2-4-6-20/h2-18H,1H3/b12-11+,14-13?. The molecule has 0 aromatic heterocycles. The van der Waals surface area contributed by atoms with Crippen molar-refractivity contribution in [2.45, 2.75) is 6.92 Å². The van der Waals surface area contributed by atoms with E-state index >= 15 is 0 Å². The van der Waals surface area contributed by atoms with Gasteiger partial charge in [0.1, 0.15) is 0 Å². The minimum absolute atomic E-state index is 1.21. The Bertz CT molecular complexity index is 789. The van der Waals surface area contributed by atoms with Gasteiger partial charge in [-0.2, -0.15) is 0 Å². The first-order chi connectivity index (χ1) is 11.3. The zero-order valence-electron chi connectivity index (χ0n) is 13.3. The lowest BCUT2D eigenvalue weighted by atomic mass is 10.1. The quantitative estimate of drug-likeness (QED) is 0.493. The van der Waals surface area contributed by atoms with Gasteiger partial charge in [0.25, 0.3) is 0 Å². The van der Waals surface area contributed by atoms with Crippen molar-refractivity contribution in [3.05, 3.63) is 107 Å². The van der Waals surface area contributed by atoms with Crippen LogP contribution in [0.4, 0.5) is 0 Å². The monoisotopic (exact) mass is 296 g/mol. The van der Waals surface area contributed by atoms with Crippen molar-refractivity contribution >= 4 is 24.3 Å². The fourth-order valence-electron chi connectivity index (χ4n) is 2.34. The van der Waals surface area contributed by atoms with E-state index in [0.29, 0.717) is 0 Å². The Morgan fingerprint density at radius 1 is 0.435 bits per heavy atom. The molecule has 0 aliphatic rings. The summed E-state index contributed by atoms with van der Waals surface area (Å²) in [6.45, 7) is 2.11. The van der Waals surface area contributed by atoms with E-state index in [1.165, 1.54) is 27.8 Å². The summed E-state index contributed by atoms with van der Waals surface area (Å²) in [4.78, 5) is 0. The number of hydrogen-bond acceptors (Lipinski definition) is 0. The second-order valence-electron chi connectivity index (χ2n) is 5.65. The van der Waals surface area contributed by atoms with E-state index in [9.17, 15) is 0 Å². The Labute approximate surface area is 138 Å². The predicted molar refractivity (Wildman–Crippen MR) is 102 cm³/mol. The van der Waals surface area contributed by atoms with Crippen molar-refractivity contribution in [3.8, 4) is 0 Å². The van der Waals surface area contributed by atoms with E-state index in [0.717, 1.165) is 0 Å². The van der Waals surface area contributed by atoms with E-state index in [2.05, 4.69) is 104 Å². The molecule has 0 amide bonds. The zero-order valence-corrected chi connectivity index (χ0v) is 13.3. The Balaban J connectivity index is 1.67. The predicted octanol–water partition coefficient (Wildman–Crippen LogP) is 6.34. The minimum atomic E-state index is 1.21.